The first-order valence-corrected chi connectivity index (χ1v) is 4.80. The molecule has 1 aromatic carbocycles. The molecule has 0 aliphatic heterocycles. The van der Waals surface area contributed by atoms with Gasteiger partial charge in [0, 0.05) is 12.0 Å². The molecule has 0 heterocycles. The zero-order valence-electron chi connectivity index (χ0n) is 7.24. The molecule has 0 saturated carbocycles. The van der Waals surface area contributed by atoms with Crippen molar-refractivity contribution in [1.29, 1.82) is 0 Å². The second-order valence-corrected chi connectivity index (χ2v) is 3.64. The molecule has 0 aliphatic carbocycles. The molecule has 0 aromatic heterocycles. The van der Waals surface area contributed by atoms with Crippen molar-refractivity contribution in [3.05, 3.63) is 34.1 Å². The van der Waals surface area contributed by atoms with E-state index in [1.165, 1.54) is 12.1 Å². The van der Waals surface area contributed by atoms with Gasteiger partial charge in [0.15, 0.2) is 0 Å². The summed E-state index contributed by atoms with van der Waals surface area (Å²) in [7, 11) is 0. The molecular formula is C9H9BrF3N. The van der Waals surface area contributed by atoms with Crippen LogP contribution in [0.2, 0.25) is 0 Å². The van der Waals surface area contributed by atoms with Crippen LogP contribution < -0.4 is 5.73 Å². The smallest absolute Gasteiger partial charge is 0.275 e. The molecule has 1 aromatic rings. The Kier molecular flexibility index (Phi) is 3.55. The molecule has 0 bridgehead atoms. The number of nitrogens with two attached hydrogens (primary N) is 1. The van der Waals surface area contributed by atoms with Gasteiger partial charge in [-0.1, -0.05) is 12.1 Å². The van der Waals surface area contributed by atoms with E-state index in [1.54, 1.807) is 0 Å². The average molecular weight is 268 g/mol. The summed E-state index contributed by atoms with van der Waals surface area (Å²) in [6.07, 6.45) is -0.491. The minimum absolute atomic E-state index is 0.143. The largest absolute Gasteiger partial charge is 0.330 e. The molecule has 1 nitrogen and oxygen atoms in total. The van der Waals surface area contributed by atoms with Crippen molar-refractivity contribution in [1.82, 2.24) is 0 Å². The summed E-state index contributed by atoms with van der Waals surface area (Å²) in [5, 5.41) is 0. The van der Waals surface area contributed by atoms with E-state index in [4.69, 9.17) is 5.73 Å². The van der Waals surface area contributed by atoms with Gasteiger partial charge in [0.25, 0.3) is 5.92 Å². The van der Waals surface area contributed by atoms with Gasteiger partial charge in [-0.3, -0.25) is 0 Å². The number of hydrogen-bond acceptors (Lipinski definition) is 1. The van der Waals surface area contributed by atoms with Crippen LogP contribution in [0.5, 0.6) is 0 Å². The lowest BCUT2D eigenvalue weighted by atomic mass is 10.1. The third kappa shape index (κ3) is 2.27. The van der Waals surface area contributed by atoms with Crippen molar-refractivity contribution in [3.63, 3.8) is 0 Å². The van der Waals surface area contributed by atoms with Crippen molar-refractivity contribution < 1.29 is 13.2 Å². The summed E-state index contributed by atoms with van der Waals surface area (Å²) >= 11 is 2.79. The fraction of sp³-hybridized carbons (Fsp3) is 0.333. The molecule has 78 valence electrons. The SMILES string of the molecule is NCCC(F)(F)c1cccc(F)c1Br. The maximum absolute atomic E-state index is 13.3. The Morgan fingerprint density at radius 3 is 2.57 bits per heavy atom. The first kappa shape index (κ1) is 11.5. The number of hydrogen-bond donors (Lipinski definition) is 1. The van der Waals surface area contributed by atoms with Crippen molar-refractivity contribution >= 4 is 15.9 Å². The van der Waals surface area contributed by atoms with Crippen molar-refractivity contribution in [2.24, 2.45) is 5.73 Å². The Labute approximate surface area is 88.2 Å². The van der Waals surface area contributed by atoms with E-state index >= 15 is 0 Å². The van der Waals surface area contributed by atoms with Gasteiger partial charge in [-0.25, -0.2) is 13.2 Å². The Balaban J connectivity index is 3.12. The molecule has 0 atom stereocenters. The predicted molar refractivity (Wildman–Crippen MR) is 51.7 cm³/mol. The van der Waals surface area contributed by atoms with Gasteiger partial charge in [-0.15, -0.1) is 0 Å². The van der Waals surface area contributed by atoms with E-state index in [0.717, 1.165) is 6.07 Å². The summed E-state index contributed by atoms with van der Waals surface area (Å²) in [5.41, 5.74) is 4.69. The quantitative estimate of drug-likeness (QED) is 0.895. The maximum Gasteiger partial charge on any atom is 0.275 e. The van der Waals surface area contributed by atoms with E-state index < -0.39 is 18.2 Å². The minimum Gasteiger partial charge on any atom is -0.330 e. The van der Waals surface area contributed by atoms with Gasteiger partial charge in [0.1, 0.15) is 5.82 Å². The van der Waals surface area contributed by atoms with Gasteiger partial charge in [-0.2, -0.15) is 0 Å². The van der Waals surface area contributed by atoms with E-state index in [9.17, 15) is 13.2 Å². The number of benzene rings is 1. The first-order chi connectivity index (χ1) is 6.49. The highest BCUT2D eigenvalue weighted by Crippen LogP contribution is 2.36. The molecular weight excluding hydrogens is 259 g/mol. The first-order valence-electron chi connectivity index (χ1n) is 4.01. The molecule has 0 spiro atoms. The van der Waals surface area contributed by atoms with Crippen LogP contribution in [0.4, 0.5) is 13.2 Å². The molecule has 0 aliphatic rings. The van der Waals surface area contributed by atoms with Crippen LogP contribution in [-0.2, 0) is 5.92 Å². The average Bonchev–Trinajstić information content (AvgIpc) is 2.09. The molecule has 0 radical (unpaired) electrons. The standard InChI is InChI=1S/C9H9BrF3N/c10-8-6(2-1-3-7(8)11)9(12,13)4-5-14/h1-3H,4-5,14H2. The number of halogens is 4. The lowest BCUT2D eigenvalue weighted by molar-refractivity contribution is -0.0117. The predicted octanol–water partition coefficient (Wildman–Crippen LogP) is 3.03. The Morgan fingerprint density at radius 2 is 2.00 bits per heavy atom. The fourth-order valence-corrected chi connectivity index (χ4v) is 1.66. The zero-order valence-corrected chi connectivity index (χ0v) is 8.82. The third-order valence-electron chi connectivity index (χ3n) is 1.80. The zero-order chi connectivity index (χ0) is 10.8. The second-order valence-electron chi connectivity index (χ2n) is 2.84. The van der Waals surface area contributed by atoms with Crippen LogP contribution in [-0.4, -0.2) is 6.54 Å². The topological polar surface area (TPSA) is 26.0 Å². The second kappa shape index (κ2) is 4.31. The van der Waals surface area contributed by atoms with Crippen molar-refractivity contribution in [2.45, 2.75) is 12.3 Å². The van der Waals surface area contributed by atoms with Gasteiger partial charge in [0.2, 0.25) is 0 Å². The van der Waals surface area contributed by atoms with Crippen LogP contribution in [0, 0.1) is 5.82 Å². The highest BCUT2D eigenvalue weighted by Gasteiger charge is 2.33. The highest BCUT2D eigenvalue weighted by atomic mass is 79.9. The van der Waals surface area contributed by atoms with E-state index in [0.29, 0.717) is 0 Å². The van der Waals surface area contributed by atoms with E-state index in [2.05, 4.69) is 15.9 Å². The third-order valence-corrected chi connectivity index (χ3v) is 2.61. The number of rotatable bonds is 3. The van der Waals surface area contributed by atoms with Crippen LogP contribution in [0.25, 0.3) is 0 Å². The summed E-state index contributed by atoms with van der Waals surface area (Å²) in [4.78, 5) is 0. The van der Waals surface area contributed by atoms with Gasteiger partial charge >= 0.3 is 0 Å². The normalized spacial score (nSPS) is 11.8. The maximum atomic E-state index is 13.3. The van der Waals surface area contributed by atoms with Crippen molar-refractivity contribution in [2.75, 3.05) is 6.54 Å². The fourth-order valence-electron chi connectivity index (χ4n) is 1.10. The van der Waals surface area contributed by atoms with Gasteiger partial charge in [0.05, 0.1) is 4.47 Å². The molecule has 2 N–H and O–H groups in total. The number of alkyl halides is 2. The van der Waals surface area contributed by atoms with Crippen molar-refractivity contribution in [3.8, 4) is 0 Å². The molecule has 0 unspecified atom stereocenters. The Hall–Kier alpha value is -0.550. The summed E-state index contributed by atoms with van der Waals surface area (Å²) in [6, 6.07) is 3.55. The lowest BCUT2D eigenvalue weighted by Crippen LogP contribution is -2.19. The summed E-state index contributed by atoms with van der Waals surface area (Å²) < 4.78 is 39.4. The van der Waals surface area contributed by atoms with Crippen LogP contribution >= 0.6 is 15.9 Å². The monoisotopic (exact) mass is 267 g/mol. The molecule has 0 saturated heterocycles. The molecule has 5 heteroatoms. The summed E-state index contributed by atoms with van der Waals surface area (Å²) in [6.45, 7) is -0.143. The minimum atomic E-state index is -3.09. The lowest BCUT2D eigenvalue weighted by Gasteiger charge is -2.17. The van der Waals surface area contributed by atoms with E-state index in [1.807, 2.05) is 0 Å². The molecule has 14 heavy (non-hydrogen) atoms. The van der Waals surface area contributed by atoms with Gasteiger partial charge in [-0.05, 0) is 28.5 Å². The Bertz CT molecular complexity index is 328. The van der Waals surface area contributed by atoms with Crippen LogP contribution in [0.3, 0.4) is 0 Å². The molecule has 0 amide bonds. The molecule has 0 fully saturated rings. The van der Waals surface area contributed by atoms with Gasteiger partial charge < -0.3 is 5.73 Å². The summed E-state index contributed by atoms with van der Waals surface area (Å²) in [5.74, 6) is -3.78. The van der Waals surface area contributed by atoms with Crippen LogP contribution in [0.1, 0.15) is 12.0 Å². The highest BCUT2D eigenvalue weighted by molar-refractivity contribution is 9.10. The Morgan fingerprint density at radius 1 is 1.36 bits per heavy atom. The van der Waals surface area contributed by atoms with E-state index in [-0.39, 0.29) is 16.6 Å². The molecule has 1 rings (SSSR count). The van der Waals surface area contributed by atoms with Crippen LogP contribution in [0.15, 0.2) is 22.7 Å².